The van der Waals surface area contributed by atoms with Gasteiger partial charge in [0, 0.05) is 5.92 Å². The molecule has 0 amide bonds. The number of hydrogen-bond acceptors (Lipinski definition) is 2. The van der Waals surface area contributed by atoms with Crippen LogP contribution in [-0.4, -0.2) is 12.4 Å². The Bertz CT molecular complexity index is 305. The zero-order valence-corrected chi connectivity index (χ0v) is 10.7. The average molecular weight is 224 g/mol. The fraction of sp³-hybridized carbons (Fsp3) is 0.538. The second-order valence-electron chi connectivity index (χ2n) is 4.04. The molecule has 0 N–H and O–H groups in total. The molecule has 0 aliphatic carbocycles. The third-order valence-electron chi connectivity index (χ3n) is 2.64. The minimum Gasteiger partial charge on any atom is -0.493 e. The Morgan fingerprint density at radius 2 is 2.07 bits per heavy atom. The first kappa shape index (κ1) is 12.4. The summed E-state index contributed by atoms with van der Waals surface area (Å²) in [5, 5.41) is 0. The smallest absolute Gasteiger partial charge is 0.122 e. The maximum atomic E-state index is 5.79. The highest BCUT2D eigenvalue weighted by molar-refractivity contribution is 7.80. The summed E-state index contributed by atoms with van der Waals surface area (Å²) >= 11 is 4.30. The number of thiol groups is 1. The van der Waals surface area contributed by atoms with Crippen LogP contribution in [0.3, 0.4) is 0 Å². The molecule has 0 aliphatic rings. The second-order valence-corrected chi connectivity index (χ2v) is 4.40. The number of ether oxygens (including phenoxy) is 1. The van der Waals surface area contributed by atoms with Gasteiger partial charge in [-0.25, -0.2) is 0 Å². The zero-order valence-electron chi connectivity index (χ0n) is 9.79. The van der Waals surface area contributed by atoms with Crippen molar-refractivity contribution in [3.63, 3.8) is 0 Å². The van der Waals surface area contributed by atoms with Gasteiger partial charge in [-0.15, -0.1) is 0 Å². The van der Waals surface area contributed by atoms with Crippen LogP contribution in [-0.2, 0) is 0 Å². The number of rotatable bonds is 5. The van der Waals surface area contributed by atoms with Crippen molar-refractivity contribution in [3.8, 4) is 5.75 Å². The lowest BCUT2D eigenvalue weighted by Gasteiger charge is -2.15. The Kier molecular flexibility index (Phi) is 5.03. The minimum atomic E-state index is 0.550. The van der Waals surface area contributed by atoms with Crippen LogP contribution in [0.25, 0.3) is 0 Å². The monoisotopic (exact) mass is 224 g/mol. The van der Waals surface area contributed by atoms with Gasteiger partial charge in [0.2, 0.25) is 0 Å². The molecule has 0 fully saturated rings. The standard InChI is InChI=1S/C13H20OS/c1-4-12(9-15)8-14-13-6-5-10(2)7-11(13)3/h5-7,12,15H,4,8-9H2,1-3H3. The molecular weight excluding hydrogens is 204 g/mol. The van der Waals surface area contributed by atoms with Gasteiger partial charge < -0.3 is 4.74 Å². The summed E-state index contributed by atoms with van der Waals surface area (Å²) in [6, 6.07) is 6.29. The Morgan fingerprint density at radius 3 is 2.60 bits per heavy atom. The Hall–Kier alpha value is -0.630. The molecule has 0 radical (unpaired) electrons. The van der Waals surface area contributed by atoms with Crippen molar-refractivity contribution in [2.24, 2.45) is 5.92 Å². The fourth-order valence-electron chi connectivity index (χ4n) is 1.47. The maximum Gasteiger partial charge on any atom is 0.122 e. The summed E-state index contributed by atoms with van der Waals surface area (Å²) < 4.78 is 5.79. The van der Waals surface area contributed by atoms with Crippen LogP contribution in [0.2, 0.25) is 0 Å². The molecule has 2 heteroatoms. The van der Waals surface area contributed by atoms with Crippen LogP contribution >= 0.6 is 12.6 Å². The second kappa shape index (κ2) is 6.06. The summed E-state index contributed by atoms with van der Waals surface area (Å²) in [4.78, 5) is 0. The zero-order chi connectivity index (χ0) is 11.3. The Balaban J connectivity index is 2.57. The normalized spacial score (nSPS) is 12.5. The lowest BCUT2D eigenvalue weighted by molar-refractivity contribution is 0.258. The first-order chi connectivity index (χ1) is 7.17. The highest BCUT2D eigenvalue weighted by Crippen LogP contribution is 2.20. The van der Waals surface area contributed by atoms with Crippen molar-refractivity contribution in [1.29, 1.82) is 0 Å². The molecule has 1 aromatic rings. The van der Waals surface area contributed by atoms with Gasteiger partial charge in [0.05, 0.1) is 6.61 Å². The van der Waals surface area contributed by atoms with Gasteiger partial charge in [-0.1, -0.05) is 24.6 Å². The third kappa shape index (κ3) is 3.78. The molecule has 1 aromatic carbocycles. The van der Waals surface area contributed by atoms with E-state index in [4.69, 9.17) is 4.74 Å². The first-order valence-corrected chi connectivity index (χ1v) is 6.11. The quantitative estimate of drug-likeness (QED) is 0.751. The summed E-state index contributed by atoms with van der Waals surface area (Å²) in [6.45, 7) is 7.12. The van der Waals surface area contributed by atoms with E-state index in [1.54, 1.807) is 0 Å². The predicted molar refractivity (Wildman–Crippen MR) is 69.0 cm³/mol. The molecule has 1 rings (SSSR count). The average Bonchev–Trinajstić information content (AvgIpc) is 2.22. The molecule has 1 unspecified atom stereocenters. The molecule has 1 nitrogen and oxygen atoms in total. The Morgan fingerprint density at radius 1 is 1.33 bits per heavy atom. The Labute approximate surface area is 98.3 Å². The van der Waals surface area contributed by atoms with Gasteiger partial charge in [-0.3, -0.25) is 0 Å². The number of hydrogen-bond donors (Lipinski definition) is 1. The van der Waals surface area contributed by atoms with Gasteiger partial charge in [0.15, 0.2) is 0 Å². The van der Waals surface area contributed by atoms with Crippen molar-refractivity contribution in [3.05, 3.63) is 29.3 Å². The van der Waals surface area contributed by atoms with Gasteiger partial charge in [0.25, 0.3) is 0 Å². The fourth-order valence-corrected chi connectivity index (χ4v) is 1.83. The van der Waals surface area contributed by atoms with Crippen LogP contribution in [0.4, 0.5) is 0 Å². The van der Waals surface area contributed by atoms with Crippen LogP contribution in [0.15, 0.2) is 18.2 Å². The SMILES string of the molecule is CCC(CS)COc1ccc(C)cc1C. The molecule has 0 saturated heterocycles. The minimum absolute atomic E-state index is 0.550. The van der Waals surface area contributed by atoms with Crippen LogP contribution in [0.1, 0.15) is 24.5 Å². The van der Waals surface area contributed by atoms with E-state index in [2.05, 4.69) is 51.6 Å². The third-order valence-corrected chi connectivity index (χ3v) is 3.16. The van der Waals surface area contributed by atoms with E-state index in [9.17, 15) is 0 Å². The molecule has 0 heterocycles. The van der Waals surface area contributed by atoms with Crippen molar-refractivity contribution in [2.45, 2.75) is 27.2 Å². The van der Waals surface area contributed by atoms with Gasteiger partial charge >= 0.3 is 0 Å². The highest BCUT2D eigenvalue weighted by atomic mass is 32.1. The number of aryl methyl sites for hydroxylation is 2. The molecule has 0 aliphatic heterocycles. The topological polar surface area (TPSA) is 9.23 Å². The lowest BCUT2D eigenvalue weighted by atomic mass is 10.1. The summed E-state index contributed by atoms with van der Waals surface area (Å²) in [6.07, 6.45) is 1.12. The summed E-state index contributed by atoms with van der Waals surface area (Å²) in [5.74, 6) is 2.44. The highest BCUT2D eigenvalue weighted by Gasteiger charge is 2.06. The first-order valence-electron chi connectivity index (χ1n) is 5.48. The van der Waals surface area contributed by atoms with Crippen molar-refractivity contribution < 1.29 is 4.74 Å². The molecular formula is C13H20OS. The largest absolute Gasteiger partial charge is 0.493 e. The predicted octanol–water partition coefficient (Wildman–Crippen LogP) is 3.64. The molecule has 0 spiro atoms. The maximum absolute atomic E-state index is 5.79. The summed E-state index contributed by atoms with van der Waals surface area (Å²) in [5.41, 5.74) is 2.49. The number of benzene rings is 1. The van der Waals surface area contributed by atoms with E-state index in [0.717, 1.165) is 24.5 Å². The van der Waals surface area contributed by atoms with Gasteiger partial charge in [0.1, 0.15) is 5.75 Å². The van der Waals surface area contributed by atoms with E-state index in [1.165, 1.54) is 11.1 Å². The molecule has 0 saturated carbocycles. The lowest BCUT2D eigenvalue weighted by Crippen LogP contribution is -2.13. The van der Waals surface area contributed by atoms with E-state index in [0.29, 0.717) is 5.92 Å². The van der Waals surface area contributed by atoms with Crippen molar-refractivity contribution >= 4 is 12.6 Å². The van der Waals surface area contributed by atoms with E-state index < -0.39 is 0 Å². The molecule has 0 bridgehead atoms. The van der Waals surface area contributed by atoms with Gasteiger partial charge in [-0.05, 0) is 37.7 Å². The molecule has 1 atom stereocenters. The van der Waals surface area contributed by atoms with E-state index in [1.807, 2.05) is 0 Å². The molecule has 15 heavy (non-hydrogen) atoms. The van der Waals surface area contributed by atoms with Gasteiger partial charge in [-0.2, -0.15) is 12.6 Å². The molecule has 84 valence electrons. The van der Waals surface area contributed by atoms with E-state index in [-0.39, 0.29) is 0 Å². The molecule has 0 aromatic heterocycles. The van der Waals surface area contributed by atoms with Crippen LogP contribution in [0.5, 0.6) is 5.75 Å². The van der Waals surface area contributed by atoms with E-state index >= 15 is 0 Å². The summed E-state index contributed by atoms with van der Waals surface area (Å²) in [7, 11) is 0. The van der Waals surface area contributed by atoms with Crippen LogP contribution < -0.4 is 4.74 Å². The van der Waals surface area contributed by atoms with Crippen molar-refractivity contribution in [2.75, 3.05) is 12.4 Å². The van der Waals surface area contributed by atoms with Crippen LogP contribution in [0, 0.1) is 19.8 Å². The van der Waals surface area contributed by atoms with Crippen molar-refractivity contribution in [1.82, 2.24) is 0 Å².